The van der Waals surface area contributed by atoms with Crippen LogP contribution in [0.2, 0.25) is 0 Å². The maximum Gasteiger partial charge on any atom is 0.127 e. The highest BCUT2D eigenvalue weighted by molar-refractivity contribution is 9.10. The molecule has 1 aromatic rings. The van der Waals surface area contributed by atoms with E-state index in [1.807, 2.05) is 6.07 Å². The molecule has 0 atom stereocenters. The first-order chi connectivity index (χ1) is 9.82. The quantitative estimate of drug-likeness (QED) is 0.863. The average Bonchev–Trinajstić information content (AvgIpc) is 2.45. The molecule has 2 nitrogen and oxygen atoms in total. The lowest BCUT2D eigenvalue weighted by atomic mass is 9.84. The van der Waals surface area contributed by atoms with E-state index in [4.69, 9.17) is 0 Å². The number of hydrogen-bond acceptors (Lipinski definition) is 2. The van der Waals surface area contributed by atoms with Crippen LogP contribution in [0.15, 0.2) is 22.7 Å². The van der Waals surface area contributed by atoms with Crippen molar-refractivity contribution in [3.63, 3.8) is 0 Å². The molecule has 0 aliphatic carbocycles. The van der Waals surface area contributed by atoms with Gasteiger partial charge in [-0.1, -0.05) is 29.8 Å². The molecule has 2 rings (SSSR count). The van der Waals surface area contributed by atoms with Crippen LogP contribution in [0.4, 0.5) is 4.39 Å². The number of piperazine rings is 1. The molecule has 1 fully saturated rings. The van der Waals surface area contributed by atoms with Crippen molar-refractivity contribution in [3.8, 4) is 0 Å². The van der Waals surface area contributed by atoms with Gasteiger partial charge in [-0.3, -0.25) is 4.90 Å². The van der Waals surface area contributed by atoms with Crippen molar-refractivity contribution in [1.82, 2.24) is 10.2 Å². The van der Waals surface area contributed by atoms with E-state index in [-0.39, 0.29) is 16.9 Å². The Labute approximate surface area is 136 Å². The summed E-state index contributed by atoms with van der Waals surface area (Å²) in [6.07, 6.45) is 2.19. The molecular weight excluding hydrogens is 331 g/mol. The van der Waals surface area contributed by atoms with Crippen LogP contribution in [0.3, 0.4) is 0 Å². The van der Waals surface area contributed by atoms with Gasteiger partial charge in [-0.05, 0) is 44.9 Å². The zero-order valence-electron chi connectivity index (χ0n) is 13.5. The van der Waals surface area contributed by atoms with E-state index < -0.39 is 0 Å². The molecule has 1 aliphatic rings. The van der Waals surface area contributed by atoms with E-state index in [1.165, 1.54) is 0 Å². The van der Waals surface area contributed by atoms with Crippen molar-refractivity contribution >= 4 is 15.9 Å². The van der Waals surface area contributed by atoms with Crippen LogP contribution in [0, 0.1) is 5.82 Å². The Kier molecular flexibility index (Phi) is 5.11. The second kappa shape index (κ2) is 6.35. The third kappa shape index (κ3) is 3.66. The Morgan fingerprint density at radius 1 is 1.29 bits per heavy atom. The van der Waals surface area contributed by atoms with Crippen LogP contribution in [-0.2, 0) is 6.54 Å². The zero-order chi connectivity index (χ0) is 15.7. The topological polar surface area (TPSA) is 15.3 Å². The van der Waals surface area contributed by atoms with Gasteiger partial charge in [-0.15, -0.1) is 0 Å². The molecule has 1 aromatic carbocycles. The molecule has 1 N–H and O–H groups in total. The zero-order valence-corrected chi connectivity index (χ0v) is 15.1. The minimum atomic E-state index is -0.119. The van der Waals surface area contributed by atoms with Crippen LogP contribution in [0.25, 0.3) is 0 Å². The second-order valence-electron chi connectivity index (χ2n) is 6.75. The molecule has 0 bridgehead atoms. The number of halogens is 2. The van der Waals surface area contributed by atoms with E-state index in [1.54, 1.807) is 12.1 Å². The summed E-state index contributed by atoms with van der Waals surface area (Å²) >= 11 is 3.44. The Balaban J connectivity index is 2.24. The summed E-state index contributed by atoms with van der Waals surface area (Å²) in [5.41, 5.74) is 0.945. The summed E-state index contributed by atoms with van der Waals surface area (Å²) in [6.45, 7) is 11.5. The number of nitrogens with zero attached hydrogens (tertiary/aromatic N) is 1. The maximum absolute atomic E-state index is 14.1. The summed E-state index contributed by atoms with van der Waals surface area (Å²) < 4.78 is 15.0. The third-order valence-electron chi connectivity index (χ3n) is 4.97. The largest absolute Gasteiger partial charge is 0.308 e. The molecule has 1 heterocycles. The second-order valence-corrected chi connectivity index (χ2v) is 7.66. The van der Waals surface area contributed by atoms with E-state index in [0.29, 0.717) is 6.54 Å². The van der Waals surface area contributed by atoms with Crippen molar-refractivity contribution in [1.29, 1.82) is 0 Å². The highest BCUT2D eigenvalue weighted by Crippen LogP contribution is 2.30. The molecule has 21 heavy (non-hydrogen) atoms. The predicted molar refractivity (Wildman–Crippen MR) is 89.9 cm³/mol. The molecule has 0 amide bonds. The standard InChI is InChI=1S/C17H26BrFN2/c1-5-17(6-2)12-21(16(3,4)11-20-17)10-13-9-14(18)7-8-15(13)19/h7-9,20H,5-6,10-12H2,1-4H3. The van der Waals surface area contributed by atoms with E-state index in [2.05, 4.69) is 53.8 Å². The maximum atomic E-state index is 14.1. The van der Waals surface area contributed by atoms with Gasteiger partial charge in [0.05, 0.1) is 0 Å². The number of nitrogens with one attached hydrogen (secondary N) is 1. The molecule has 0 unspecified atom stereocenters. The molecule has 0 radical (unpaired) electrons. The van der Waals surface area contributed by atoms with E-state index >= 15 is 0 Å². The summed E-state index contributed by atoms with van der Waals surface area (Å²) in [7, 11) is 0. The van der Waals surface area contributed by atoms with Crippen molar-refractivity contribution in [2.45, 2.75) is 58.2 Å². The van der Waals surface area contributed by atoms with Gasteiger partial charge in [-0.2, -0.15) is 0 Å². The van der Waals surface area contributed by atoms with Gasteiger partial charge in [-0.25, -0.2) is 4.39 Å². The lowest BCUT2D eigenvalue weighted by molar-refractivity contribution is 0.0154. The fourth-order valence-corrected chi connectivity index (χ4v) is 3.42. The third-order valence-corrected chi connectivity index (χ3v) is 5.46. The van der Waals surface area contributed by atoms with Gasteiger partial charge >= 0.3 is 0 Å². The van der Waals surface area contributed by atoms with Gasteiger partial charge in [0.1, 0.15) is 5.82 Å². The minimum Gasteiger partial charge on any atom is -0.308 e. The van der Waals surface area contributed by atoms with Crippen LogP contribution in [0.5, 0.6) is 0 Å². The van der Waals surface area contributed by atoms with Gasteiger partial charge < -0.3 is 5.32 Å². The molecule has 4 heteroatoms. The Bertz CT molecular complexity index is 498. The fourth-order valence-electron chi connectivity index (χ4n) is 3.01. The van der Waals surface area contributed by atoms with Crippen molar-refractivity contribution in [2.75, 3.05) is 13.1 Å². The van der Waals surface area contributed by atoms with Crippen molar-refractivity contribution in [3.05, 3.63) is 34.1 Å². The highest BCUT2D eigenvalue weighted by Gasteiger charge is 2.40. The van der Waals surface area contributed by atoms with E-state index in [9.17, 15) is 4.39 Å². The molecule has 0 spiro atoms. The van der Waals surface area contributed by atoms with Gasteiger partial charge in [0.2, 0.25) is 0 Å². The van der Waals surface area contributed by atoms with Crippen LogP contribution in [-0.4, -0.2) is 29.1 Å². The molecule has 0 aromatic heterocycles. The summed E-state index contributed by atoms with van der Waals surface area (Å²) in [6, 6.07) is 5.19. The first-order valence-electron chi connectivity index (χ1n) is 7.76. The van der Waals surface area contributed by atoms with Crippen LogP contribution < -0.4 is 5.32 Å². The molecule has 1 saturated heterocycles. The summed E-state index contributed by atoms with van der Waals surface area (Å²) in [5.74, 6) is -0.119. The highest BCUT2D eigenvalue weighted by atomic mass is 79.9. The smallest absolute Gasteiger partial charge is 0.127 e. The monoisotopic (exact) mass is 356 g/mol. The minimum absolute atomic E-state index is 0.0304. The number of hydrogen-bond donors (Lipinski definition) is 1. The van der Waals surface area contributed by atoms with Crippen molar-refractivity contribution in [2.24, 2.45) is 0 Å². The van der Waals surface area contributed by atoms with Gasteiger partial charge in [0.25, 0.3) is 0 Å². The number of rotatable bonds is 4. The lowest BCUT2D eigenvalue weighted by Gasteiger charge is -2.52. The van der Waals surface area contributed by atoms with Gasteiger partial charge in [0, 0.05) is 40.7 Å². The Hall–Kier alpha value is -0.450. The molecular formula is C17H26BrFN2. The van der Waals surface area contributed by atoms with Crippen LogP contribution in [0.1, 0.15) is 46.1 Å². The van der Waals surface area contributed by atoms with E-state index in [0.717, 1.165) is 36.0 Å². The predicted octanol–water partition coefficient (Wildman–Crippen LogP) is 4.33. The normalized spacial score (nSPS) is 21.4. The summed E-state index contributed by atoms with van der Waals surface area (Å²) in [5, 5.41) is 3.72. The first-order valence-corrected chi connectivity index (χ1v) is 8.55. The average molecular weight is 357 g/mol. The fraction of sp³-hybridized carbons (Fsp3) is 0.647. The Morgan fingerprint density at radius 3 is 2.57 bits per heavy atom. The molecule has 0 saturated carbocycles. The Morgan fingerprint density at radius 2 is 1.95 bits per heavy atom. The van der Waals surface area contributed by atoms with Crippen LogP contribution >= 0.6 is 15.9 Å². The lowest BCUT2D eigenvalue weighted by Crippen LogP contribution is -2.67. The molecule has 1 aliphatic heterocycles. The van der Waals surface area contributed by atoms with Gasteiger partial charge in [0.15, 0.2) is 0 Å². The first kappa shape index (κ1) is 16.9. The van der Waals surface area contributed by atoms with Crippen molar-refractivity contribution < 1.29 is 4.39 Å². The summed E-state index contributed by atoms with van der Waals surface area (Å²) in [4.78, 5) is 2.42. The number of benzene rings is 1. The SMILES string of the molecule is CCC1(CC)CN(Cc2cc(Br)ccc2F)C(C)(C)CN1. The molecule has 118 valence electrons.